The third-order valence-corrected chi connectivity index (χ3v) is 5.06. The van der Waals surface area contributed by atoms with Crippen LogP contribution in [0.1, 0.15) is 0 Å². The lowest BCUT2D eigenvalue weighted by atomic mass is 10.1. The molecule has 0 fully saturated rings. The summed E-state index contributed by atoms with van der Waals surface area (Å²) in [5, 5.41) is 8.04. The molecule has 0 unspecified atom stereocenters. The fourth-order valence-corrected chi connectivity index (χ4v) is 3.77. The van der Waals surface area contributed by atoms with Crippen molar-refractivity contribution in [1.29, 1.82) is 0 Å². The maximum atomic E-state index is 12.4. The summed E-state index contributed by atoms with van der Waals surface area (Å²) in [4.78, 5) is 22.6. The lowest BCUT2D eigenvalue weighted by molar-refractivity contribution is 0.393. The van der Waals surface area contributed by atoms with Gasteiger partial charge in [0.1, 0.15) is 0 Å². The molecule has 0 atom stereocenters. The second-order valence-electron chi connectivity index (χ2n) is 6.02. The van der Waals surface area contributed by atoms with Crippen molar-refractivity contribution in [3.63, 3.8) is 0 Å². The molecule has 0 aliphatic carbocycles. The molecule has 0 aromatic heterocycles. The molecular formula is C20H12N2O6S. The third kappa shape index (κ3) is 3.50. The number of nitroso groups, excluding NO2 is 2. The van der Waals surface area contributed by atoms with Gasteiger partial charge in [-0.1, -0.05) is 60.7 Å². The molecule has 0 spiro atoms. The van der Waals surface area contributed by atoms with Gasteiger partial charge < -0.3 is 8.37 Å². The van der Waals surface area contributed by atoms with E-state index in [0.717, 1.165) is 0 Å². The molecule has 4 aromatic carbocycles. The molecule has 0 aliphatic rings. The molecule has 29 heavy (non-hydrogen) atoms. The van der Waals surface area contributed by atoms with Crippen molar-refractivity contribution in [3.8, 4) is 11.5 Å². The highest BCUT2D eigenvalue weighted by Gasteiger charge is 2.23. The van der Waals surface area contributed by atoms with Crippen molar-refractivity contribution < 1.29 is 16.8 Å². The molecule has 0 N–H and O–H groups in total. The van der Waals surface area contributed by atoms with Crippen LogP contribution in [0.4, 0.5) is 11.4 Å². The Balaban J connectivity index is 1.72. The minimum absolute atomic E-state index is 0.178. The molecule has 0 amide bonds. The Hall–Kier alpha value is -3.85. The molecule has 0 saturated carbocycles. The first kappa shape index (κ1) is 18.5. The number of hydrogen-bond donors (Lipinski definition) is 0. The molecule has 0 bridgehead atoms. The number of fused-ring (bicyclic) bond motifs is 2. The van der Waals surface area contributed by atoms with E-state index in [9.17, 15) is 18.2 Å². The van der Waals surface area contributed by atoms with Crippen molar-refractivity contribution in [1.82, 2.24) is 0 Å². The lowest BCUT2D eigenvalue weighted by Crippen LogP contribution is -2.16. The summed E-state index contributed by atoms with van der Waals surface area (Å²) in [5.74, 6) is -0.583. The quantitative estimate of drug-likeness (QED) is 0.390. The Kier molecular flexibility index (Phi) is 4.65. The van der Waals surface area contributed by atoms with Gasteiger partial charge in [-0.3, -0.25) is 0 Å². The van der Waals surface area contributed by atoms with Gasteiger partial charge in [-0.2, -0.15) is 0 Å². The number of nitrogens with zero attached hydrogens (tertiary/aromatic N) is 2. The molecule has 144 valence electrons. The van der Waals surface area contributed by atoms with Crippen LogP contribution in [0, 0.1) is 9.81 Å². The van der Waals surface area contributed by atoms with Crippen molar-refractivity contribution in [2.45, 2.75) is 0 Å². The zero-order chi connectivity index (χ0) is 20.4. The van der Waals surface area contributed by atoms with Crippen LogP contribution in [0.25, 0.3) is 21.5 Å². The molecule has 4 aromatic rings. The molecule has 0 aliphatic heterocycles. The minimum Gasteiger partial charge on any atom is -0.350 e. The van der Waals surface area contributed by atoms with Gasteiger partial charge in [0.2, 0.25) is 0 Å². The van der Waals surface area contributed by atoms with E-state index in [-0.39, 0.29) is 22.9 Å². The SMILES string of the molecule is O=Nc1c(OS(=O)(=O)Oc2ccc3ccccc3c2N=O)ccc2ccccc12. The number of benzene rings is 4. The van der Waals surface area contributed by atoms with Gasteiger partial charge >= 0.3 is 10.4 Å². The Morgan fingerprint density at radius 3 is 1.41 bits per heavy atom. The van der Waals surface area contributed by atoms with E-state index < -0.39 is 10.4 Å². The largest absolute Gasteiger partial charge is 0.501 e. The standard InChI is InChI=1S/C20H12N2O6S/c23-21-19-15-7-3-1-5-13(15)9-11-17(19)27-29(25,26)28-18-12-10-14-6-2-4-8-16(14)20(18)22-24/h1-12H. The average molecular weight is 408 g/mol. The molecule has 8 nitrogen and oxygen atoms in total. The first-order chi connectivity index (χ1) is 14.0. The van der Waals surface area contributed by atoms with E-state index in [4.69, 9.17) is 8.37 Å². The van der Waals surface area contributed by atoms with Crippen LogP contribution in [-0.2, 0) is 10.4 Å². The van der Waals surface area contributed by atoms with Gasteiger partial charge in [0, 0.05) is 10.8 Å². The minimum atomic E-state index is -4.69. The second-order valence-corrected chi connectivity index (χ2v) is 7.17. The summed E-state index contributed by atoms with van der Waals surface area (Å²) in [6.45, 7) is 0. The predicted octanol–water partition coefficient (Wildman–Crippen LogP) is 5.49. The monoisotopic (exact) mass is 408 g/mol. The topological polar surface area (TPSA) is 111 Å². The van der Waals surface area contributed by atoms with Crippen molar-refractivity contribution >= 4 is 43.3 Å². The fourth-order valence-electron chi connectivity index (χ4n) is 3.03. The van der Waals surface area contributed by atoms with Gasteiger partial charge in [-0.05, 0) is 33.3 Å². The van der Waals surface area contributed by atoms with Gasteiger partial charge in [0.25, 0.3) is 0 Å². The zero-order valence-corrected chi connectivity index (χ0v) is 15.5. The molecule has 4 rings (SSSR count). The summed E-state index contributed by atoms with van der Waals surface area (Å²) in [6, 6.07) is 19.4. The van der Waals surface area contributed by atoms with Crippen LogP contribution in [0.3, 0.4) is 0 Å². The van der Waals surface area contributed by atoms with Gasteiger partial charge in [-0.25, -0.2) is 0 Å². The van der Waals surface area contributed by atoms with Crippen LogP contribution < -0.4 is 8.37 Å². The Morgan fingerprint density at radius 1 is 0.586 bits per heavy atom. The summed E-state index contributed by atoms with van der Waals surface area (Å²) in [6.07, 6.45) is 0. The van der Waals surface area contributed by atoms with E-state index in [2.05, 4.69) is 10.4 Å². The van der Waals surface area contributed by atoms with E-state index in [1.165, 1.54) is 12.1 Å². The highest BCUT2D eigenvalue weighted by molar-refractivity contribution is 7.82. The van der Waals surface area contributed by atoms with Crippen molar-refractivity contribution in [2.75, 3.05) is 0 Å². The van der Waals surface area contributed by atoms with Crippen LogP contribution in [0.15, 0.2) is 83.2 Å². The lowest BCUT2D eigenvalue weighted by Gasteiger charge is -2.11. The highest BCUT2D eigenvalue weighted by atomic mass is 32.3. The molecule has 0 heterocycles. The van der Waals surface area contributed by atoms with Crippen LogP contribution in [0.2, 0.25) is 0 Å². The third-order valence-electron chi connectivity index (χ3n) is 4.29. The Labute approximate surface area is 165 Å². The van der Waals surface area contributed by atoms with Gasteiger partial charge in [0.05, 0.1) is 0 Å². The van der Waals surface area contributed by atoms with Gasteiger partial charge in [0.15, 0.2) is 22.9 Å². The highest BCUT2D eigenvalue weighted by Crippen LogP contribution is 2.39. The van der Waals surface area contributed by atoms with Crippen molar-refractivity contribution in [2.24, 2.45) is 10.4 Å². The zero-order valence-electron chi connectivity index (χ0n) is 14.7. The van der Waals surface area contributed by atoms with Crippen LogP contribution in [0.5, 0.6) is 11.5 Å². The number of rotatable bonds is 6. The molecule has 0 radical (unpaired) electrons. The van der Waals surface area contributed by atoms with E-state index in [1.54, 1.807) is 60.7 Å². The fraction of sp³-hybridized carbons (Fsp3) is 0. The first-order valence-electron chi connectivity index (χ1n) is 8.36. The molecular weight excluding hydrogens is 396 g/mol. The van der Waals surface area contributed by atoms with Crippen LogP contribution >= 0.6 is 0 Å². The Bertz CT molecular complexity index is 1270. The summed E-state index contributed by atoms with van der Waals surface area (Å²) in [7, 11) is -4.69. The normalized spacial score (nSPS) is 11.3. The number of hydrogen-bond acceptors (Lipinski definition) is 8. The van der Waals surface area contributed by atoms with Gasteiger partial charge in [-0.15, -0.1) is 18.2 Å². The van der Waals surface area contributed by atoms with E-state index in [0.29, 0.717) is 21.5 Å². The van der Waals surface area contributed by atoms with Crippen LogP contribution in [-0.4, -0.2) is 8.42 Å². The summed E-state index contributed by atoms with van der Waals surface area (Å²) < 4.78 is 34.8. The Morgan fingerprint density at radius 2 is 1.00 bits per heavy atom. The maximum absolute atomic E-state index is 12.4. The molecule has 0 saturated heterocycles. The summed E-state index contributed by atoms with van der Waals surface area (Å²) >= 11 is 0. The maximum Gasteiger partial charge on any atom is 0.501 e. The average Bonchev–Trinajstić information content (AvgIpc) is 2.73. The first-order valence-corrected chi connectivity index (χ1v) is 9.70. The predicted molar refractivity (Wildman–Crippen MR) is 109 cm³/mol. The molecule has 9 heteroatoms. The van der Waals surface area contributed by atoms with E-state index >= 15 is 0 Å². The van der Waals surface area contributed by atoms with Crippen molar-refractivity contribution in [3.05, 3.63) is 82.6 Å². The second kappa shape index (κ2) is 7.28. The smallest absolute Gasteiger partial charge is 0.350 e. The van der Waals surface area contributed by atoms with E-state index in [1.807, 2.05) is 0 Å². The summed E-state index contributed by atoms with van der Waals surface area (Å²) in [5.41, 5.74) is -0.356.